The molecule has 2 aromatic heterocycles. The van der Waals surface area contributed by atoms with Gasteiger partial charge in [-0.1, -0.05) is 12.2 Å². The Balaban J connectivity index is 1.80. The van der Waals surface area contributed by atoms with E-state index in [2.05, 4.69) is 41.4 Å². The van der Waals surface area contributed by atoms with E-state index in [9.17, 15) is 5.11 Å². The van der Waals surface area contributed by atoms with E-state index in [1.807, 2.05) is 23.7 Å². The molecule has 112 valence electrons. The Hall–Kier alpha value is -1.72. The van der Waals surface area contributed by atoms with E-state index in [0.717, 1.165) is 29.0 Å². The van der Waals surface area contributed by atoms with Crippen LogP contribution in [0.25, 0.3) is 5.65 Å². The number of nitrogens with zero attached hydrogens (tertiary/aromatic N) is 3. The van der Waals surface area contributed by atoms with Crippen molar-refractivity contribution < 1.29 is 5.11 Å². The second-order valence-corrected chi connectivity index (χ2v) is 5.91. The summed E-state index contributed by atoms with van der Waals surface area (Å²) in [5.74, 6) is 0.283. The fourth-order valence-corrected chi connectivity index (χ4v) is 3.05. The Kier molecular flexibility index (Phi) is 3.78. The average molecular weight is 286 g/mol. The van der Waals surface area contributed by atoms with Crippen LogP contribution >= 0.6 is 0 Å². The lowest BCUT2D eigenvalue weighted by Crippen LogP contribution is -2.30. The molecule has 1 unspecified atom stereocenters. The summed E-state index contributed by atoms with van der Waals surface area (Å²) >= 11 is 0. The lowest BCUT2D eigenvalue weighted by molar-refractivity contribution is 0.245. The highest BCUT2D eigenvalue weighted by atomic mass is 16.3. The first kappa shape index (κ1) is 14.2. The van der Waals surface area contributed by atoms with E-state index in [1.165, 1.54) is 0 Å². The molecule has 1 aliphatic carbocycles. The van der Waals surface area contributed by atoms with E-state index in [0.29, 0.717) is 6.04 Å². The van der Waals surface area contributed by atoms with Crippen molar-refractivity contribution in [2.45, 2.75) is 39.3 Å². The number of hydrogen-bond donors (Lipinski definition) is 2. The molecule has 0 aromatic carbocycles. The van der Waals surface area contributed by atoms with Gasteiger partial charge in [0.05, 0.1) is 5.69 Å². The highest BCUT2D eigenvalue weighted by Gasteiger charge is 2.21. The average Bonchev–Trinajstić information content (AvgIpc) is 3.05. The van der Waals surface area contributed by atoms with Gasteiger partial charge in [-0.2, -0.15) is 5.10 Å². The minimum absolute atomic E-state index is 0.193. The molecule has 0 fully saturated rings. The highest BCUT2D eigenvalue weighted by molar-refractivity contribution is 5.42. The summed E-state index contributed by atoms with van der Waals surface area (Å²) in [6.07, 6.45) is 7.13. The van der Waals surface area contributed by atoms with Crippen LogP contribution in [0.2, 0.25) is 0 Å². The second kappa shape index (κ2) is 5.58. The zero-order valence-corrected chi connectivity index (χ0v) is 12.7. The lowest BCUT2D eigenvalue weighted by Gasteiger charge is -2.21. The normalized spacial score (nSPS) is 23.0. The Morgan fingerprint density at radius 2 is 2.24 bits per heavy atom. The molecule has 5 heteroatoms. The standard InChI is InChI=1S/C16H22N4O/c1-10-6-16-17-8-15(12(3)20(16)19-10)11(2)18-14-5-4-13(7-14)9-21/h4-6,8,11,13-14,18,21H,7,9H2,1-3H3/t11?,13-,14+/m0/s1. The molecule has 2 heterocycles. The number of fused-ring (bicyclic) bond motifs is 1. The van der Waals surface area contributed by atoms with E-state index in [1.54, 1.807) is 0 Å². The minimum Gasteiger partial charge on any atom is -0.396 e. The number of nitrogens with one attached hydrogen (secondary N) is 1. The molecular weight excluding hydrogens is 264 g/mol. The van der Waals surface area contributed by atoms with Crippen LogP contribution in [0.5, 0.6) is 0 Å². The molecule has 5 nitrogen and oxygen atoms in total. The fourth-order valence-electron chi connectivity index (χ4n) is 3.05. The van der Waals surface area contributed by atoms with Gasteiger partial charge in [-0.05, 0) is 27.2 Å². The van der Waals surface area contributed by atoms with Crippen LogP contribution in [0.15, 0.2) is 24.4 Å². The molecule has 0 bridgehead atoms. The first-order valence-electron chi connectivity index (χ1n) is 7.45. The van der Waals surface area contributed by atoms with Crippen LogP contribution in [0.3, 0.4) is 0 Å². The molecule has 0 aliphatic heterocycles. The van der Waals surface area contributed by atoms with Crippen LogP contribution in [0.4, 0.5) is 0 Å². The molecular formula is C16H22N4O. The molecule has 2 N–H and O–H groups in total. The van der Waals surface area contributed by atoms with E-state index in [4.69, 9.17) is 0 Å². The second-order valence-electron chi connectivity index (χ2n) is 5.91. The fraction of sp³-hybridized carbons (Fsp3) is 0.500. The topological polar surface area (TPSA) is 62.5 Å². The van der Waals surface area contributed by atoms with Gasteiger partial charge >= 0.3 is 0 Å². The largest absolute Gasteiger partial charge is 0.396 e. The van der Waals surface area contributed by atoms with Crippen LogP contribution in [-0.2, 0) is 0 Å². The first-order chi connectivity index (χ1) is 10.1. The molecule has 21 heavy (non-hydrogen) atoms. The molecule has 3 rings (SSSR count). The van der Waals surface area contributed by atoms with Gasteiger partial charge in [0, 0.05) is 48.1 Å². The van der Waals surface area contributed by atoms with Gasteiger partial charge < -0.3 is 10.4 Å². The molecule has 0 saturated carbocycles. The molecule has 0 amide bonds. The molecule has 0 saturated heterocycles. The minimum atomic E-state index is 0.193. The number of rotatable bonds is 4. The third-order valence-corrected chi connectivity index (χ3v) is 4.22. The number of aryl methyl sites for hydroxylation is 2. The Morgan fingerprint density at radius 3 is 2.95 bits per heavy atom. The number of aromatic nitrogens is 3. The van der Waals surface area contributed by atoms with Gasteiger partial charge in [-0.15, -0.1) is 0 Å². The monoisotopic (exact) mass is 286 g/mol. The summed E-state index contributed by atoms with van der Waals surface area (Å²) in [5, 5.41) is 17.3. The Bertz CT molecular complexity index is 676. The van der Waals surface area contributed by atoms with Crippen molar-refractivity contribution in [2.24, 2.45) is 5.92 Å². The van der Waals surface area contributed by atoms with Gasteiger partial charge in [0.1, 0.15) is 0 Å². The third kappa shape index (κ3) is 2.71. The maximum Gasteiger partial charge on any atom is 0.155 e. The summed E-state index contributed by atoms with van der Waals surface area (Å²) in [4.78, 5) is 4.49. The van der Waals surface area contributed by atoms with Gasteiger partial charge in [0.15, 0.2) is 5.65 Å². The zero-order chi connectivity index (χ0) is 15.0. The maximum atomic E-state index is 9.20. The van der Waals surface area contributed by atoms with Crippen LogP contribution in [0.1, 0.15) is 36.3 Å². The third-order valence-electron chi connectivity index (χ3n) is 4.22. The SMILES string of the molecule is Cc1cc2ncc(C(C)N[C@@H]3C=C[C@H](CO)C3)c(C)n2n1. The van der Waals surface area contributed by atoms with Crippen molar-refractivity contribution in [2.75, 3.05) is 6.61 Å². The van der Waals surface area contributed by atoms with Gasteiger partial charge in [-0.25, -0.2) is 9.50 Å². The molecule has 2 aromatic rings. The maximum absolute atomic E-state index is 9.20. The van der Waals surface area contributed by atoms with Crippen LogP contribution in [0, 0.1) is 19.8 Å². The van der Waals surface area contributed by atoms with Crippen molar-refractivity contribution >= 4 is 5.65 Å². The summed E-state index contributed by atoms with van der Waals surface area (Å²) in [7, 11) is 0. The predicted octanol–water partition coefficient (Wildman–Crippen LogP) is 1.93. The molecule has 0 radical (unpaired) electrons. The van der Waals surface area contributed by atoms with Gasteiger partial charge in [0.25, 0.3) is 0 Å². The van der Waals surface area contributed by atoms with E-state index < -0.39 is 0 Å². The van der Waals surface area contributed by atoms with E-state index >= 15 is 0 Å². The Labute approximate surface area is 124 Å². The smallest absolute Gasteiger partial charge is 0.155 e. The number of aliphatic hydroxyl groups is 1. The Morgan fingerprint density at radius 1 is 1.43 bits per heavy atom. The quantitative estimate of drug-likeness (QED) is 0.843. The summed E-state index contributed by atoms with van der Waals surface area (Å²) in [6.45, 7) is 6.43. The van der Waals surface area contributed by atoms with Crippen LogP contribution in [-0.4, -0.2) is 32.4 Å². The zero-order valence-electron chi connectivity index (χ0n) is 12.7. The number of aliphatic hydroxyl groups excluding tert-OH is 1. The predicted molar refractivity (Wildman–Crippen MR) is 82.1 cm³/mol. The van der Waals surface area contributed by atoms with Crippen molar-refractivity contribution in [3.8, 4) is 0 Å². The molecule has 3 atom stereocenters. The summed E-state index contributed by atoms with van der Waals surface area (Å²) < 4.78 is 1.91. The molecule has 0 spiro atoms. The van der Waals surface area contributed by atoms with Crippen molar-refractivity contribution in [3.05, 3.63) is 41.4 Å². The first-order valence-corrected chi connectivity index (χ1v) is 7.45. The van der Waals surface area contributed by atoms with Gasteiger partial charge in [-0.3, -0.25) is 0 Å². The lowest BCUT2D eigenvalue weighted by atomic mass is 10.1. The van der Waals surface area contributed by atoms with Crippen LogP contribution < -0.4 is 5.32 Å². The van der Waals surface area contributed by atoms with E-state index in [-0.39, 0.29) is 18.6 Å². The van der Waals surface area contributed by atoms with Crippen molar-refractivity contribution in [3.63, 3.8) is 0 Å². The summed E-state index contributed by atoms with van der Waals surface area (Å²) in [6, 6.07) is 2.49. The summed E-state index contributed by atoms with van der Waals surface area (Å²) in [5.41, 5.74) is 4.15. The van der Waals surface area contributed by atoms with Crippen molar-refractivity contribution in [1.29, 1.82) is 0 Å². The molecule has 1 aliphatic rings. The highest BCUT2D eigenvalue weighted by Crippen LogP contribution is 2.23. The van der Waals surface area contributed by atoms with Gasteiger partial charge in [0.2, 0.25) is 0 Å². The van der Waals surface area contributed by atoms with Crippen molar-refractivity contribution in [1.82, 2.24) is 19.9 Å². The number of hydrogen-bond acceptors (Lipinski definition) is 4.